The van der Waals surface area contributed by atoms with E-state index in [1.165, 1.54) is 32.1 Å². The van der Waals surface area contributed by atoms with Crippen LogP contribution >= 0.6 is 12.4 Å². The average Bonchev–Trinajstić information content (AvgIpc) is 2.48. The number of halogens is 1. The predicted molar refractivity (Wildman–Crippen MR) is 92.2 cm³/mol. The molecule has 3 atom stereocenters. The van der Waals surface area contributed by atoms with Crippen LogP contribution in [0.1, 0.15) is 65.2 Å². The maximum Gasteiger partial charge on any atom is 0.222 e. The van der Waals surface area contributed by atoms with Gasteiger partial charge in [-0.15, -0.1) is 12.4 Å². The Morgan fingerprint density at radius 2 is 2.00 bits per heavy atom. The van der Waals surface area contributed by atoms with Gasteiger partial charge >= 0.3 is 0 Å². The molecule has 2 aliphatic rings. The Balaban J connectivity index is 0.00000242. The number of carbonyl (C=O) groups excluding carboxylic acids is 1. The third-order valence-electron chi connectivity index (χ3n) is 5.57. The van der Waals surface area contributed by atoms with Gasteiger partial charge in [-0.05, 0) is 39.5 Å². The molecule has 3 unspecified atom stereocenters. The first-order valence-electron chi connectivity index (χ1n) is 8.64. The first-order chi connectivity index (χ1) is 10.0. The highest BCUT2D eigenvalue weighted by Crippen LogP contribution is 2.55. The summed E-state index contributed by atoms with van der Waals surface area (Å²) in [6, 6.07) is 0.471. The molecule has 1 spiro atoms. The van der Waals surface area contributed by atoms with Crippen molar-refractivity contribution in [2.45, 2.75) is 83.4 Å². The van der Waals surface area contributed by atoms with E-state index >= 15 is 0 Å². The lowest BCUT2D eigenvalue weighted by molar-refractivity contribution is -0.185. The predicted octanol–water partition coefficient (Wildman–Crippen LogP) is 3.12. The fourth-order valence-corrected chi connectivity index (χ4v) is 4.27. The van der Waals surface area contributed by atoms with Crippen molar-refractivity contribution in [3.05, 3.63) is 0 Å². The van der Waals surface area contributed by atoms with Crippen LogP contribution in [0.15, 0.2) is 0 Å². The summed E-state index contributed by atoms with van der Waals surface area (Å²) < 4.78 is 5.97. The maximum atomic E-state index is 12.4. The minimum absolute atomic E-state index is 0. The van der Waals surface area contributed by atoms with E-state index in [9.17, 15) is 4.79 Å². The number of hydrogen-bond acceptors (Lipinski definition) is 3. The Morgan fingerprint density at radius 3 is 2.55 bits per heavy atom. The monoisotopic (exact) mass is 332 g/mol. The number of ether oxygens (including phenoxy) is 1. The highest BCUT2D eigenvalue weighted by atomic mass is 35.5. The zero-order valence-corrected chi connectivity index (χ0v) is 15.2. The summed E-state index contributed by atoms with van der Waals surface area (Å²) in [5.41, 5.74) is 6.00. The van der Waals surface area contributed by atoms with E-state index in [-0.39, 0.29) is 29.8 Å². The second kappa shape index (κ2) is 8.51. The topological polar surface area (TPSA) is 55.6 Å². The fourth-order valence-electron chi connectivity index (χ4n) is 4.27. The van der Waals surface area contributed by atoms with Gasteiger partial charge in [0.15, 0.2) is 0 Å². The van der Waals surface area contributed by atoms with E-state index in [0.29, 0.717) is 18.6 Å². The van der Waals surface area contributed by atoms with E-state index in [4.69, 9.17) is 10.5 Å². The average molecular weight is 333 g/mol. The van der Waals surface area contributed by atoms with Gasteiger partial charge in [-0.25, -0.2) is 0 Å². The first kappa shape index (κ1) is 19.7. The smallest absolute Gasteiger partial charge is 0.222 e. The van der Waals surface area contributed by atoms with E-state index in [0.717, 1.165) is 19.4 Å². The normalized spacial score (nSPS) is 27.6. The molecule has 0 bridgehead atoms. The minimum atomic E-state index is 0. The second-order valence-electron chi connectivity index (χ2n) is 7.01. The summed E-state index contributed by atoms with van der Waals surface area (Å²) in [4.78, 5) is 14.4. The van der Waals surface area contributed by atoms with Gasteiger partial charge < -0.3 is 15.4 Å². The Hall–Kier alpha value is -0.320. The fraction of sp³-hybridized carbons (Fsp3) is 0.941. The lowest BCUT2D eigenvalue weighted by atomic mass is 9.54. The van der Waals surface area contributed by atoms with Gasteiger partial charge in [-0.1, -0.05) is 19.3 Å². The van der Waals surface area contributed by atoms with Gasteiger partial charge in [0.25, 0.3) is 0 Å². The van der Waals surface area contributed by atoms with E-state index in [1.54, 1.807) is 0 Å². The van der Waals surface area contributed by atoms with E-state index in [2.05, 4.69) is 6.92 Å². The van der Waals surface area contributed by atoms with Crippen LogP contribution in [0, 0.1) is 5.41 Å². The van der Waals surface area contributed by atoms with Crippen LogP contribution in [0.25, 0.3) is 0 Å². The van der Waals surface area contributed by atoms with E-state index < -0.39 is 0 Å². The SMILES string of the molecule is CCOC1CC(N(C)C(=O)CCC(C)N)C12CCCCC2.Cl. The molecule has 0 saturated heterocycles. The number of carbonyl (C=O) groups is 1. The van der Waals surface area contributed by atoms with E-state index in [1.807, 2.05) is 18.9 Å². The van der Waals surface area contributed by atoms with Crippen molar-refractivity contribution in [2.24, 2.45) is 11.1 Å². The summed E-state index contributed by atoms with van der Waals surface area (Å²) in [5.74, 6) is 0.247. The zero-order valence-electron chi connectivity index (χ0n) is 14.3. The molecule has 2 fully saturated rings. The second-order valence-corrected chi connectivity index (χ2v) is 7.01. The van der Waals surface area contributed by atoms with Gasteiger partial charge in [0.2, 0.25) is 5.91 Å². The van der Waals surface area contributed by atoms with Crippen LogP contribution < -0.4 is 5.73 Å². The van der Waals surface area contributed by atoms with Crippen molar-refractivity contribution < 1.29 is 9.53 Å². The molecular formula is C17H33ClN2O2. The molecule has 130 valence electrons. The van der Waals surface area contributed by atoms with Crippen molar-refractivity contribution >= 4 is 18.3 Å². The first-order valence-corrected chi connectivity index (χ1v) is 8.64. The van der Waals surface area contributed by atoms with Gasteiger partial charge in [0.1, 0.15) is 0 Å². The highest BCUT2D eigenvalue weighted by molar-refractivity contribution is 5.85. The number of rotatable bonds is 6. The van der Waals surface area contributed by atoms with Gasteiger partial charge in [-0.3, -0.25) is 4.79 Å². The number of nitrogens with zero attached hydrogens (tertiary/aromatic N) is 1. The molecule has 0 aromatic rings. The molecule has 0 radical (unpaired) electrons. The lowest BCUT2D eigenvalue weighted by Gasteiger charge is -2.60. The molecule has 2 rings (SSSR count). The number of hydrogen-bond donors (Lipinski definition) is 1. The molecule has 0 aromatic carbocycles. The summed E-state index contributed by atoms with van der Waals surface area (Å²) in [6.07, 6.45) is 9.03. The molecule has 22 heavy (non-hydrogen) atoms. The number of amides is 1. The Labute approximate surface area is 141 Å². The molecular weight excluding hydrogens is 300 g/mol. The Morgan fingerprint density at radius 1 is 1.36 bits per heavy atom. The third-order valence-corrected chi connectivity index (χ3v) is 5.57. The van der Waals surface area contributed by atoms with Crippen molar-refractivity contribution in [1.82, 2.24) is 4.90 Å². The van der Waals surface area contributed by atoms with Gasteiger partial charge in [0, 0.05) is 37.6 Å². The van der Waals surface area contributed by atoms with Crippen molar-refractivity contribution in [2.75, 3.05) is 13.7 Å². The highest BCUT2D eigenvalue weighted by Gasteiger charge is 2.57. The summed E-state index contributed by atoms with van der Waals surface area (Å²) in [6.45, 7) is 4.81. The standard InChI is InChI=1S/C17H32N2O2.ClH/c1-4-21-15-12-14(17(15)10-6-5-7-11-17)19(3)16(20)9-8-13(2)18;/h13-15H,4-12,18H2,1-3H3;1H. The lowest BCUT2D eigenvalue weighted by Crippen LogP contribution is -2.65. The molecule has 5 heteroatoms. The van der Waals surface area contributed by atoms with Crippen LogP contribution in [-0.2, 0) is 9.53 Å². The molecule has 2 saturated carbocycles. The maximum absolute atomic E-state index is 12.4. The van der Waals surface area contributed by atoms with Crippen molar-refractivity contribution in [1.29, 1.82) is 0 Å². The molecule has 0 heterocycles. The van der Waals surface area contributed by atoms with Crippen molar-refractivity contribution in [3.8, 4) is 0 Å². The molecule has 0 aromatic heterocycles. The molecule has 2 aliphatic carbocycles. The number of nitrogens with two attached hydrogens (primary N) is 1. The van der Waals surface area contributed by atoms with Gasteiger partial charge in [0.05, 0.1) is 6.10 Å². The largest absolute Gasteiger partial charge is 0.378 e. The Bertz CT molecular complexity index is 357. The minimum Gasteiger partial charge on any atom is -0.378 e. The summed E-state index contributed by atoms with van der Waals surface area (Å²) >= 11 is 0. The molecule has 0 aliphatic heterocycles. The molecule has 1 amide bonds. The van der Waals surface area contributed by atoms with Gasteiger partial charge in [-0.2, -0.15) is 0 Å². The van der Waals surface area contributed by atoms with Crippen LogP contribution in [-0.4, -0.2) is 42.6 Å². The van der Waals surface area contributed by atoms with Crippen LogP contribution in [0.3, 0.4) is 0 Å². The zero-order chi connectivity index (χ0) is 15.5. The van der Waals surface area contributed by atoms with Crippen LogP contribution in [0.5, 0.6) is 0 Å². The Kier molecular flexibility index (Phi) is 7.63. The van der Waals surface area contributed by atoms with Crippen molar-refractivity contribution in [3.63, 3.8) is 0 Å². The summed E-state index contributed by atoms with van der Waals surface area (Å²) in [5, 5.41) is 0. The quantitative estimate of drug-likeness (QED) is 0.813. The molecule has 2 N–H and O–H groups in total. The summed E-state index contributed by atoms with van der Waals surface area (Å²) in [7, 11) is 1.98. The third kappa shape index (κ3) is 3.95. The van der Waals surface area contributed by atoms with Crippen LogP contribution in [0.4, 0.5) is 0 Å². The molecule has 4 nitrogen and oxygen atoms in total. The van der Waals surface area contributed by atoms with Crippen LogP contribution in [0.2, 0.25) is 0 Å².